The summed E-state index contributed by atoms with van der Waals surface area (Å²) in [5.41, 5.74) is 9.19. The Morgan fingerprint density at radius 3 is 2.34 bits per heavy atom. The summed E-state index contributed by atoms with van der Waals surface area (Å²) in [5.74, 6) is 0.453. The Balaban J connectivity index is 1.54. The van der Waals surface area contributed by atoms with E-state index in [-0.39, 0.29) is 0 Å². The van der Waals surface area contributed by atoms with E-state index >= 15 is 0 Å². The van der Waals surface area contributed by atoms with Gasteiger partial charge in [-0.15, -0.1) is 0 Å². The number of rotatable bonds is 2. The predicted molar refractivity (Wildman–Crippen MR) is 122 cm³/mol. The second-order valence-electron chi connectivity index (χ2n) is 7.78. The molecule has 1 nitrogen and oxygen atoms in total. The van der Waals surface area contributed by atoms with E-state index in [4.69, 9.17) is 0 Å². The minimum absolute atomic E-state index is 0.453. The van der Waals surface area contributed by atoms with Crippen LogP contribution in [0.4, 0.5) is 0 Å². The number of hydrogen-bond donors (Lipinski definition) is 0. The van der Waals surface area contributed by atoms with Crippen molar-refractivity contribution < 1.29 is 0 Å². The zero-order valence-corrected chi connectivity index (χ0v) is 16.1. The second-order valence-corrected chi connectivity index (χ2v) is 7.78. The smallest absolute Gasteiger partial charge is 0.0537 e. The number of para-hydroxylation sites is 1. The molecule has 1 heterocycles. The van der Waals surface area contributed by atoms with Gasteiger partial charge in [-0.3, -0.25) is 0 Å². The van der Waals surface area contributed by atoms with Crippen LogP contribution < -0.4 is 0 Å². The molecule has 0 aliphatic heterocycles. The van der Waals surface area contributed by atoms with Gasteiger partial charge in [0.05, 0.1) is 11.2 Å². The molecule has 1 heteroatoms. The van der Waals surface area contributed by atoms with Gasteiger partial charge in [-0.1, -0.05) is 85.0 Å². The predicted octanol–water partition coefficient (Wildman–Crippen LogP) is 7.29. The summed E-state index contributed by atoms with van der Waals surface area (Å²) < 4.78 is 2.42. The van der Waals surface area contributed by atoms with Crippen molar-refractivity contribution in [3.8, 4) is 16.8 Å². The molecule has 1 atom stereocenters. The molecule has 3 aromatic carbocycles. The van der Waals surface area contributed by atoms with E-state index in [1.165, 1.54) is 44.5 Å². The molecule has 138 valence electrons. The van der Waals surface area contributed by atoms with Crippen LogP contribution in [0, 0.1) is 0 Å². The third kappa shape index (κ3) is 2.55. The van der Waals surface area contributed by atoms with Crippen molar-refractivity contribution in [2.75, 3.05) is 0 Å². The zero-order chi connectivity index (χ0) is 19.2. The Kier molecular flexibility index (Phi) is 3.67. The lowest BCUT2D eigenvalue weighted by Crippen LogP contribution is -2.09. The second kappa shape index (κ2) is 6.49. The van der Waals surface area contributed by atoms with Crippen LogP contribution in [-0.2, 0) is 0 Å². The van der Waals surface area contributed by atoms with Gasteiger partial charge in [-0.2, -0.15) is 0 Å². The van der Waals surface area contributed by atoms with Crippen molar-refractivity contribution in [2.24, 2.45) is 0 Å². The van der Waals surface area contributed by atoms with Crippen LogP contribution in [-0.4, -0.2) is 4.57 Å². The van der Waals surface area contributed by atoms with Gasteiger partial charge in [0.25, 0.3) is 0 Å². The molecule has 0 saturated carbocycles. The van der Waals surface area contributed by atoms with Crippen molar-refractivity contribution in [1.82, 2.24) is 4.57 Å². The zero-order valence-electron chi connectivity index (χ0n) is 16.1. The summed E-state index contributed by atoms with van der Waals surface area (Å²) in [4.78, 5) is 0. The molecule has 6 rings (SSSR count). The fraction of sp³-hybridized carbons (Fsp3) is 0.0714. The van der Waals surface area contributed by atoms with Crippen molar-refractivity contribution in [3.63, 3.8) is 0 Å². The molecule has 2 aliphatic rings. The van der Waals surface area contributed by atoms with Gasteiger partial charge in [-0.05, 0) is 53.0 Å². The lowest BCUT2D eigenvalue weighted by atomic mass is 9.80. The molecule has 4 aromatic rings. The van der Waals surface area contributed by atoms with Crippen LogP contribution in [0.25, 0.3) is 33.8 Å². The van der Waals surface area contributed by atoms with Gasteiger partial charge in [0, 0.05) is 17.0 Å². The van der Waals surface area contributed by atoms with E-state index in [1.54, 1.807) is 0 Å². The van der Waals surface area contributed by atoms with Crippen molar-refractivity contribution >= 4 is 17.0 Å². The molecular weight excluding hydrogens is 350 g/mol. The number of allylic oxidation sites excluding steroid dienone is 5. The van der Waals surface area contributed by atoms with Crippen LogP contribution in [0.3, 0.4) is 0 Å². The SMILES string of the molecule is C1=CCC2C(=C1)C=Cc1c2c2ccccc2n1-c1ccc(-c2ccccc2)cc1. The van der Waals surface area contributed by atoms with Crippen LogP contribution >= 0.6 is 0 Å². The Bertz CT molecular complexity index is 1300. The fourth-order valence-electron chi connectivity index (χ4n) is 4.80. The third-order valence-electron chi connectivity index (χ3n) is 6.17. The van der Waals surface area contributed by atoms with Gasteiger partial charge in [0.2, 0.25) is 0 Å². The summed E-state index contributed by atoms with van der Waals surface area (Å²) in [6.45, 7) is 0. The van der Waals surface area contributed by atoms with E-state index in [9.17, 15) is 0 Å². The average Bonchev–Trinajstić information content (AvgIpc) is 3.15. The minimum atomic E-state index is 0.453. The number of hydrogen-bond acceptors (Lipinski definition) is 0. The first-order valence-electron chi connectivity index (χ1n) is 10.2. The highest BCUT2D eigenvalue weighted by molar-refractivity contribution is 5.92. The quantitative estimate of drug-likeness (QED) is 0.348. The molecule has 29 heavy (non-hydrogen) atoms. The summed E-state index contributed by atoms with van der Waals surface area (Å²) in [5, 5.41) is 1.37. The lowest BCUT2D eigenvalue weighted by molar-refractivity contribution is 0.811. The van der Waals surface area contributed by atoms with Gasteiger partial charge in [0.15, 0.2) is 0 Å². The van der Waals surface area contributed by atoms with Crippen LogP contribution in [0.15, 0.2) is 109 Å². The maximum Gasteiger partial charge on any atom is 0.0537 e. The Hall–Kier alpha value is -3.58. The number of benzene rings is 3. The van der Waals surface area contributed by atoms with Crippen LogP contribution in [0.2, 0.25) is 0 Å². The molecule has 1 unspecified atom stereocenters. The van der Waals surface area contributed by atoms with Crippen LogP contribution in [0.1, 0.15) is 23.6 Å². The minimum Gasteiger partial charge on any atom is -0.310 e. The largest absolute Gasteiger partial charge is 0.310 e. The first-order valence-corrected chi connectivity index (χ1v) is 10.2. The van der Waals surface area contributed by atoms with Crippen LogP contribution in [0.5, 0.6) is 0 Å². The monoisotopic (exact) mass is 371 g/mol. The lowest BCUT2D eigenvalue weighted by Gasteiger charge is -2.24. The molecule has 0 amide bonds. The molecule has 0 fully saturated rings. The molecule has 2 aliphatic carbocycles. The van der Waals surface area contributed by atoms with Gasteiger partial charge < -0.3 is 4.57 Å². The highest BCUT2D eigenvalue weighted by Crippen LogP contribution is 2.44. The van der Waals surface area contributed by atoms with Crippen molar-refractivity contribution in [2.45, 2.75) is 12.3 Å². The summed E-state index contributed by atoms with van der Waals surface area (Å²) in [6.07, 6.45) is 12.4. The van der Waals surface area contributed by atoms with E-state index in [1.807, 2.05) is 0 Å². The maximum atomic E-state index is 2.42. The normalized spacial score (nSPS) is 17.1. The highest BCUT2D eigenvalue weighted by Gasteiger charge is 2.28. The first kappa shape index (κ1) is 16.4. The molecule has 0 radical (unpaired) electrons. The van der Waals surface area contributed by atoms with Gasteiger partial charge >= 0.3 is 0 Å². The molecule has 1 aromatic heterocycles. The topological polar surface area (TPSA) is 4.93 Å². The standard InChI is InChI=1S/C28H21N/c1-2-8-20(9-3-1)21-14-17-23(18-15-21)29-26-13-7-6-12-25(26)28-24-11-5-4-10-22(24)16-19-27(28)29/h1-10,12-19,24H,11H2. The molecule has 0 spiro atoms. The highest BCUT2D eigenvalue weighted by atomic mass is 15.0. The van der Waals surface area contributed by atoms with E-state index in [0.717, 1.165) is 6.42 Å². The molecule has 0 N–H and O–H groups in total. The summed E-state index contributed by atoms with van der Waals surface area (Å²) in [6, 6.07) is 28.3. The van der Waals surface area contributed by atoms with Gasteiger partial charge in [-0.25, -0.2) is 0 Å². The molecule has 0 bridgehead atoms. The average molecular weight is 371 g/mol. The van der Waals surface area contributed by atoms with E-state index < -0.39 is 0 Å². The van der Waals surface area contributed by atoms with Crippen molar-refractivity contribution in [1.29, 1.82) is 0 Å². The Morgan fingerprint density at radius 2 is 1.48 bits per heavy atom. The molecule has 0 saturated heterocycles. The summed E-state index contributed by atoms with van der Waals surface area (Å²) >= 11 is 0. The Labute approximate surface area is 170 Å². The number of aromatic nitrogens is 1. The molecular formula is C28H21N. The first-order chi connectivity index (χ1) is 14.4. The third-order valence-corrected chi connectivity index (χ3v) is 6.17. The number of fused-ring (bicyclic) bond motifs is 5. The van der Waals surface area contributed by atoms with E-state index in [0.29, 0.717) is 5.92 Å². The summed E-state index contributed by atoms with van der Waals surface area (Å²) in [7, 11) is 0. The van der Waals surface area contributed by atoms with E-state index in [2.05, 4.69) is 114 Å². The van der Waals surface area contributed by atoms with Gasteiger partial charge in [0.1, 0.15) is 0 Å². The maximum absolute atomic E-state index is 2.42. The fourth-order valence-corrected chi connectivity index (χ4v) is 4.80. The number of nitrogens with zero attached hydrogens (tertiary/aromatic N) is 1. The Morgan fingerprint density at radius 1 is 0.724 bits per heavy atom. The van der Waals surface area contributed by atoms with Crippen molar-refractivity contribution in [3.05, 3.63) is 120 Å².